The Bertz CT molecular complexity index is 1180. The van der Waals surface area contributed by atoms with E-state index in [-0.39, 0.29) is 11.3 Å². The molecule has 4 aromatic rings. The summed E-state index contributed by atoms with van der Waals surface area (Å²) in [6.45, 7) is 1.74. The van der Waals surface area contributed by atoms with Gasteiger partial charge < -0.3 is 4.57 Å². The van der Waals surface area contributed by atoms with Crippen LogP contribution in [0.25, 0.3) is 22.8 Å². The molecule has 4 rings (SSSR count). The van der Waals surface area contributed by atoms with Gasteiger partial charge in [-0.3, -0.25) is 4.79 Å². The molecule has 130 valence electrons. The summed E-state index contributed by atoms with van der Waals surface area (Å²) in [5.41, 5.74) is 3.21. The summed E-state index contributed by atoms with van der Waals surface area (Å²) < 4.78 is 31.1. The molecule has 0 spiro atoms. The lowest BCUT2D eigenvalue weighted by Gasteiger charge is -2.00. The van der Waals surface area contributed by atoms with Crippen molar-refractivity contribution in [2.24, 2.45) is 7.05 Å². The zero-order valence-electron chi connectivity index (χ0n) is 14.2. The van der Waals surface area contributed by atoms with Gasteiger partial charge in [0.1, 0.15) is 17.3 Å². The van der Waals surface area contributed by atoms with Crippen molar-refractivity contribution < 1.29 is 13.6 Å². The molecule has 0 atom stereocenters. The largest absolute Gasteiger partial charge is 0.327 e. The maximum Gasteiger partial charge on any atom is 0.191 e. The van der Waals surface area contributed by atoms with Crippen LogP contribution >= 0.6 is 0 Å². The molecule has 26 heavy (non-hydrogen) atoms. The summed E-state index contributed by atoms with van der Waals surface area (Å²) in [5.74, 6) is -1.78. The average molecular weight is 351 g/mol. The molecule has 6 heteroatoms. The van der Waals surface area contributed by atoms with E-state index in [1.54, 1.807) is 11.4 Å². The first-order valence-electron chi connectivity index (χ1n) is 8.08. The molecular formula is C20H15F2N3O. The molecular weight excluding hydrogens is 336 g/mol. The predicted octanol–water partition coefficient (Wildman–Crippen LogP) is 4.31. The minimum Gasteiger partial charge on any atom is -0.327 e. The van der Waals surface area contributed by atoms with Gasteiger partial charge >= 0.3 is 0 Å². The molecule has 0 fully saturated rings. The van der Waals surface area contributed by atoms with E-state index in [9.17, 15) is 13.6 Å². The molecule has 4 nitrogen and oxygen atoms in total. The lowest BCUT2D eigenvalue weighted by molar-refractivity contribution is 0.104. The van der Waals surface area contributed by atoms with Crippen LogP contribution in [0.1, 0.15) is 21.6 Å². The first-order chi connectivity index (χ1) is 12.5. The number of benzene rings is 2. The summed E-state index contributed by atoms with van der Waals surface area (Å²) in [5, 5.41) is 4.47. The fourth-order valence-corrected chi connectivity index (χ4v) is 3.23. The van der Waals surface area contributed by atoms with Crippen molar-refractivity contribution in [2.45, 2.75) is 6.92 Å². The number of allylic oxidation sites excluding steroid dienone is 1. The first kappa shape index (κ1) is 16.2. The van der Waals surface area contributed by atoms with Crippen LogP contribution in [0, 0.1) is 18.6 Å². The number of rotatable bonds is 3. The second-order valence-corrected chi connectivity index (χ2v) is 6.08. The number of imidazole rings is 1. The minimum absolute atomic E-state index is 0.237. The lowest BCUT2D eigenvalue weighted by Crippen LogP contribution is -2.00. The van der Waals surface area contributed by atoms with Gasteiger partial charge in [-0.2, -0.15) is 5.10 Å². The Hall–Kier alpha value is -3.28. The Kier molecular flexibility index (Phi) is 3.68. The van der Waals surface area contributed by atoms with Crippen LogP contribution in [-0.4, -0.2) is 20.0 Å². The number of hydrogen-bond acceptors (Lipinski definition) is 2. The van der Waals surface area contributed by atoms with Gasteiger partial charge in [-0.05, 0) is 43.3 Å². The maximum atomic E-state index is 13.8. The Morgan fingerprint density at radius 2 is 1.69 bits per heavy atom. The minimum atomic E-state index is -0.712. The molecule has 0 amide bonds. The summed E-state index contributed by atoms with van der Waals surface area (Å²) in [6.07, 6.45) is 2.35. The third-order valence-electron chi connectivity index (χ3n) is 4.47. The van der Waals surface area contributed by atoms with Crippen molar-refractivity contribution in [1.82, 2.24) is 14.2 Å². The topological polar surface area (TPSA) is 39.3 Å². The van der Waals surface area contributed by atoms with Crippen molar-refractivity contribution in [2.75, 3.05) is 0 Å². The molecule has 2 heterocycles. The van der Waals surface area contributed by atoms with E-state index in [2.05, 4.69) is 5.10 Å². The van der Waals surface area contributed by atoms with Crippen LogP contribution < -0.4 is 0 Å². The fraction of sp³-hybridized carbons (Fsp3) is 0.100. The summed E-state index contributed by atoms with van der Waals surface area (Å²) in [6, 6.07) is 11.3. The quantitative estimate of drug-likeness (QED) is 0.408. The van der Waals surface area contributed by atoms with E-state index in [0.29, 0.717) is 16.9 Å². The maximum absolute atomic E-state index is 13.8. The highest BCUT2D eigenvalue weighted by Gasteiger charge is 2.21. The van der Waals surface area contributed by atoms with Gasteiger partial charge in [0, 0.05) is 12.6 Å². The second-order valence-electron chi connectivity index (χ2n) is 6.08. The fourth-order valence-electron chi connectivity index (χ4n) is 3.23. The molecule has 0 aliphatic rings. The smallest absolute Gasteiger partial charge is 0.191 e. The molecule has 0 aliphatic carbocycles. The normalized spacial score (nSPS) is 11.8. The van der Waals surface area contributed by atoms with Crippen LogP contribution in [0.4, 0.5) is 8.78 Å². The number of ketones is 1. The van der Waals surface area contributed by atoms with E-state index >= 15 is 0 Å². The Balaban J connectivity index is 1.85. The molecule has 0 saturated heterocycles. The summed E-state index contributed by atoms with van der Waals surface area (Å²) in [4.78, 5) is 12.8. The zero-order chi connectivity index (χ0) is 18.4. The van der Waals surface area contributed by atoms with Gasteiger partial charge in [0.25, 0.3) is 0 Å². The highest BCUT2D eigenvalue weighted by Crippen LogP contribution is 2.25. The highest BCUT2D eigenvalue weighted by molar-refractivity contribution is 6.12. The molecule has 0 radical (unpaired) electrons. The Morgan fingerprint density at radius 1 is 1.04 bits per heavy atom. The number of aromatic nitrogens is 3. The summed E-state index contributed by atoms with van der Waals surface area (Å²) in [7, 11) is 1.86. The molecule has 0 unspecified atom stereocenters. The number of halogens is 2. The average Bonchev–Trinajstić information content (AvgIpc) is 3.09. The monoisotopic (exact) mass is 351 g/mol. The van der Waals surface area contributed by atoms with Gasteiger partial charge in [0.15, 0.2) is 5.78 Å². The lowest BCUT2D eigenvalue weighted by atomic mass is 10.1. The third-order valence-corrected chi connectivity index (χ3v) is 4.47. The standard InChI is InChI=1S/C20H15F2N3O/c1-12-19(18(26)11-10-13-14(21)6-5-7-15(13)22)20-24(2)16-8-3-4-9-17(16)25(20)23-12/h3-11H,1-2H3. The second kappa shape index (κ2) is 5.91. The number of hydrogen-bond donors (Lipinski definition) is 0. The van der Waals surface area contributed by atoms with Crippen molar-refractivity contribution in [3.63, 3.8) is 0 Å². The molecule has 0 saturated carbocycles. The van der Waals surface area contributed by atoms with Crippen LogP contribution in [0.3, 0.4) is 0 Å². The van der Waals surface area contributed by atoms with Crippen LogP contribution in [-0.2, 0) is 7.05 Å². The van der Waals surface area contributed by atoms with E-state index in [1.165, 1.54) is 18.2 Å². The molecule has 0 N–H and O–H groups in total. The van der Waals surface area contributed by atoms with Crippen molar-refractivity contribution >= 4 is 28.5 Å². The van der Waals surface area contributed by atoms with Gasteiger partial charge in [0.2, 0.25) is 0 Å². The molecule has 0 aliphatic heterocycles. The van der Waals surface area contributed by atoms with Crippen molar-refractivity contribution in [3.05, 3.63) is 77.0 Å². The number of carbonyl (C=O) groups is 1. The molecule has 0 bridgehead atoms. The Morgan fingerprint density at radius 3 is 2.38 bits per heavy atom. The predicted molar refractivity (Wildman–Crippen MR) is 96.1 cm³/mol. The number of nitrogens with zero attached hydrogens (tertiary/aromatic N) is 3. The van der Waals surface area contributed by atoms with E-state index in [0.717, 1.165) is 23.2 Å². The van der Waals surface area contributed by atoms with E-state index in [1.807, 2.05) is 35.9 Å². The van der Waals surface area contributed by atoms with Gasteiger partial charge in [-0.25, -0.2) is 13.3 Å². The van der Waals surface area contributed by atoms with Gasteiger partial charge in [0.05, 0.1) is 22.3 Å². The third kappa shape index (κ3) is 2.34. The number of para-hydroxylation sites is 2. The first-order valence-corrected chi connectivity index (χ1v) is 8.08. The van der Waals surface area contributed by atoms with Crippen LogP contribution in [0.15, 0.2) is 48.5 Å². The van der Waals surface area contributed by atoms with E-state index in [4.69, 9.17) is 0 Å². The Labute approximate surface area is 148 Å². The van der Waals surface area contributed by atoms with Crippen LogP contribution in [0.2, 0.25) is 0 Å². The summed E-state index contributed by atoms with van der Waals surface area (Å²) >= 11 is 0. The van der Waals surface area contributed by atoms with E-state index < -0.39 is 11.6 Å². The number of carbonyl (C=O) groups excluding carboxylic acids is 1. The molecule has 2 aromatic heterocycles. The van der Waals surface area contributed by atoms with Crippen molar-refractivity contribution in [3.8, 4) is 0 Å². The number of fused-ring (bicyclic) bond motifs is 3. The highest BCUT2D eigenvalue weighted by atomic mass is 19.1. The SMILES string of the molecule is Cc1nn2c3ccccc3n(C)c2c1C(=O)C=Cc1c(F)cccc1F. The van der Waals surface area contributed by atoms with Gasteiger partial charge in [-0.15, -0.1) is 0 Å². The zero-order valence-corrected chi connectivity index (χ0v) is 14.2. The van der Waals surface area contributed by atoms with Crippen LogP contribution in [0.5, 0.6) is 0 Å². The number of aryl methyl sites for hydroxylation is 2. The van der Waals surface area contributed by atoms with Crippen molar-refractivity contribution in [1.29, 1.82) is 0 Å². The van der Waals surface area contributed by atoms with Gasteiger partial charge in [-0.1, -0.05) is 18.2 Å². The molecule has 2 aromatic carbocycles.